The Morgan fingerprint density at radius 2 is 2.41 bits per heavy atom. The second-order valence-electron chi connectivity index (χ2n) is 4.87. The van der Waals surface area contributed by atoms with Gasteiger partial charge in [0.15, 0.2) is 0 Å². The number of nitrogens with zero attached hydrogens (tertiary/aromatic N) is 3. The van der Waals surface area contributed by atoms with Gasteiger partial charge in [0.05, 0.1) is 16.9 Å². The Labute approximate surface area is 107 Å². The van der Waals surface area contributed by atoms with Crippen LogP contribution in [0.1, 0.15) is 6.42 Å². The fraction of sp³-hybridized carbons (Fsp3) is 0.583. The van der Waals surface area contributed by atoms with Crippen molar-refractivity contribution < 1.29 is 0 Å². The van der Waals surface area contributed by atoms with Crippen molar-refractivity contribution in [2.24, 2.45) is 5.92 Å². The Hall–Kier alpha value is -1.00. The standard InChI is InChI=1S/C12H19ClN4/c1-16-4-3-9(7-16)8-17(2)12-11(13)5-10(14)6-15-12/h5-6,9H,3-4,7-8,14H2,1-2H3. The Morgan fingerprint density at radius 1 is 1.65 bits per heavy atom. The van der Waals surface area contributed by atoms with Crippen molar-refractivity contribution >= 4 is 23.1 Å². The molecule has 94 valence electrons. The summed E-state index contributed by atoms with van der Waals surface area (Å²) in [5, 5.41) is 0.624. The monoisotopic (exact) mass is 254 g/mol. The molecule has 2 N–H and O–H groups in total. The number of hydrogen-bond acceptors (Lipinski definition) is 4. The number of rotatable bonds is 3. The molecule has 4 nitrogen and oxygen atoms in total. The molecular weight excluding hydrogens is 236 g/mol. The van der Waals surface area contributed by atoms with Crippen molar-refractivity contribution in [3.8, 4) is 0 Å². The minimum Gasteiger partial charge on any atom is -0.397 e. The SMILES string of the molecule is CN1CCC(CN(C)c2ncc(N)cc2Cl)C1. The van der Waals surface area contributed by atoms with E-state index in [1.807, 2.05) is 7.05 Å². The molecule has 0 aliphatic carbocycles. The topological polar surface area (TPSA) is 45.4 Å². The van der Waals surface area contributed by atoms with Crippen LogP contribution >= 0.6 is 11.6 Å². The first-order valence-electron chi connectivity index (χ1n) is 5.87. The van der Waals surface area contributed by atoms with E-state index < -0.39 is 0 Å². The van der Waals surface area contributed by atoms with Gasteiger partial charge in [0.25, 0.3) is 0 Å². The summed E-state index contributed by atoms with van der Waals surface area (Å²) in [7, 11) is 4.19. The zero-order valence-corrected chi connectivity index (χ0v) is 11.1. The van der Waals surface area contributed by atoms with Gasteiger partial charge in [-0.3, -0.25) is 0 Å². The number of anilines is 2. The molecule has 1 aliphatic heterocycles. The highest BCUT2D eigenvalue weighted by Crippen LogP contribution is 2.26. The lowest BCUT2D eigenvalue weighted by Crippen LogP contribution is -2.28. The van der Waals surface area contributed by atoms with Gasteiger partial charge in [-0.05, 0) is 32.0 Å². The van der Waals surface area contributed by atoms with Gasteiger partial charge < -0.3 is 15.5 Å². The zero-order valence-electron chi connectivity index (χ0n) is 10.4. The van der Waals surface area contributed by atoms with E-state index in [9.17, 15) is 0 Å². The second kappa shape index (κ2) is 5.10. The van der Waals surface area contributed by atoms with Crippen molar-refractivity contribution in [2.45, 2.75) is 6.42 Å². The fourth-order valence-corrected chi connectivity index (χ4v) is 2.69. The summed E-state index contributed by atoms with van der Waals surface area (Å²) in [4.78, 5) is 8.77. The average molecular weight is 255 g/mol. The maximum atomic E-state index is 6.14. The van der Waals surface area contributed by atoms with E-state index in [0.29, 0.717) is 16.6 Å². The summed E-state index contributed by atoms with van der Waals surface area (Å²) in [6.45, 7) is 3.32. The smallest absolute Gasteiger partial charge is 0.147 e. The summed E-state index contributed by atoms with van der Waals surface area (Å²) < 4.78 is 0. The summed E-state index contributed by atoms with van der Waals surface area (Å²) in [5.74, 6) is 1.51. The summed E-state index contributed by atoms with van der Waals surface area (Å²) in [6.07, 6.45) is 2.89. The van der Waals surface area contributed by atoms with E-state index in [2.05, 4.69) is 21.8 Å². The number of pyridine rings is 1. The molecule has 0 aromatic carbocycles. The lowest BCUT2D eigenvalue weighted by atomic mass is 10.1. The van der Waals surface area contributed by atoms with Crippen LogP contribution < -0.4 is 10.6 Å². The molecule has 1 unspecified atom stereocenters. The zero-order chi connectivity index (χ0) is 12.4. The van der Waals surface area contributed by atoms with Gasteiger partial charge in [-0.1, -0.05) is 11.6 Å². The lowest BCUT2D eigenvalue weighted by Gasteiger charge is -2.23. The predicted octanol–water partition coefficient (Wildman–Crippen LogP) is 1.71. The molecule has 2 heterocycles. The molecule has 2 rings (SSSR count). The summed E-state index contributed by atoms with van der Waals surface area (Å²) in [6, 6.07) is 1.75. The highest BCUT2D eigenvalue weighted by atomic mass is 35.5. The molecule has 0 spiro atoms. The van der Waals surface area contributed by atoms with Crippen molar-refractivity contribution in [1.82, 2.24) is 9.88 Å². The third kappa shape index (κ3) is 3.01. The Morgan fingerprint density at radius 3 is 3.00 bits per heavy atom. The minimum atomic E-state index is 0.604. The van der Waals surface area contributed by atoms with Crippen LogP contribution in [0.4, 0.5) is 11.5 Å². The van der Waals surface area contributed by atoms with Crippen molar-refractivity contribution in [3.63, 3.8) is 0 Å². The number of hydrogen-bond donors (Lipinski definition) is 1. The van der Waals surface area contributed by atoms with E-state index in [4.69, 9.17) is 17.3 Å². The number of likely N-dealkylation sites (tertiary alicyclic amines) is 1. The maximum Gasteiger partial charge on any atom is 0.147 e. The minimum absolute atomic E-state index is 0.604. The normalized spacial score (nSPS) is 20.8. The van der Waals surface area contributed by atoms with Crippen molar-refractivity contribution in [2.75, 3.05) is 44.4 Å². The molecule has 1 saturated heterocycles. The second-order valence-corrected chi connectivity index (χ2v) is 5.28. The van der Waals surface area contributed by atoms with Gasteiger partial charge in [-0.2, -0.15) is 0 Å². The van der Waals surface area contributed by atoms with Crippen LogP contribution in [0, 0.1) is 5.92 Å². The molecule has 0 bridgehead atoms. The molecule has 1 fully saturated rings. The highest BCUT2D eigenvalue weighted by Gasteiger charge is 2.21. The van der Waals surface area contributed by atoms with Crippen LogP contribution in [0.2, 0.25) is 5.02 Å². The first-order valence-corrected chi connectivity index (χ1v) is 6.24. The molecule has 0 saturated carbocycles. The van der Waals surface area contributed by atoms with Gasteiger partial charge in [0, 0.05) is 20.1 Å². The molecule has 0 amide bonds. The lowest BCUT2D eigenvalue weighted by molar-refractivity contribution is 0.395. The van der Waals surface area contributed by atoms with Gasteiger partial charge in [0.1, 0.15) is 5.82 Å². The van der Waals surface area contributed by atoms with Crippen LogP contribution in [-0.4, -0.2) is 43.6 Å². The van der Waals surface area contributed by atoms with Crippen LogP contribution in [0.3, 0.4) is 0 Å². The number of aromatic nitrogens is 1. The van der Waals surface area contributed by atoms with E-state index in [-0.39, 0.29) is 0 Å². The first kappa shape index (κ1) is 12.5. The number of halogens is 1. The van der Waals surface area contributed by atoms with Gasteiger partial charge in [-0.15, -0.1) is 0 Å². The van der Waals surface area contributed by atoms with Crippen LogP contribution in [0.15, 0.2) is 12.3 Å². The largest absolute Gasteiger partial charge is 0.397 e. The van der Waals surface area contributed by atoms with Gasteiger partial charge in [-0.25, -0.2) is 4.98 Å². The van der Waals surface area contributed by atoms with Gasteiger partial charge >= 0.3 is 0 Å². The third-order valence-corrected chi connectivity index (χ3v) is 3.50. The van der Waals surface area contributed by atoms with Crippen LogP contribution in [0.25, 0.3) is 0 Å². The van der Waals surface area contributed by atoms with E-state index in [0.717, 1.165) is 18.9 Å². The average Bonchev–Trinajstić information content (AvgIpc) is 2.63. The summed E-state index contributed by atoms with van der Waals surface area (Å²) in [5.41, 5.74) is 6.24. The Kier molecular flexibility index (Phi) is 3.74. The van der Waals surface area contributed by atoms with E-state index >= 15 is 0 Å². The Bertz CT molecular complexity index is 396. The number of nitrogens with two attached hydrogens (primary N) is 1. The van der Waals surface area contributed by atoms with Crippen molar-refractivity contribution in [1.29, 1.82) is 0 Å². The quantitative estimate of drug-likeness (QED) is 0.892. The van der Waals surface area contributed by atoms with Gasteiger partial charge in [0.2, 0.25) is 0 Å². The summed E-state index contributed by atoms with van der Waals surface area (Å²) >= 11 is 6.14. The fourth-order valence-electron chi connectivity index (χ4n) is 2.38. The molecule has 17 heavy (non-hydrogen) atoms. The molecule has 1 aromatic heterocycles. The molecule has 1 aliphatic rings. The predicted molar refractivity (Wildman–Crippen MR) is 72.5 cm³/mol. The molecular formula is C12H19ClN4. The molecule has 1 atom stereocenters. The third-order valence-electron chi connectivity index (χ3n) is 3.23. The van der Waals surface area contributed by atoms with Crippen LogP contribution in [-0.2, 0) is 0 Å². The molecule has 1 aromatic rings. The first-order chi connectivity index (χ1) is 8.06. The van der Waals surface area contributed by atoms with E-state index in [1.165, 1.54) is 13.0 Å². The maximum absolute atomic E-state index is 6.14. The van der Waals surface area contributed by atoms with Crippen molar-refractivity contribution in [3.05, 3.63) is 17.3 Å². The molecule has 0 radical (unpaired) electrons. The van der Waals surface area contributed by atoms with Crippen LogP contribution in [0.5, 0.6) is 0 Å². The number of nitrogen functional groups attached to an aromatic ring is 1. The van der Waals surface area contributed by atoms with E-state index in [1.54, 1.807) is 12.3 Å². The molecule has 5 heteroatoms. The Balaban J connectivity index is 2.01. The highest BCUT2D eigenvalue weighted by molar-refractivity contribution is 6.33.